The maximum absolute atomic E-state index is 12.1. The fraction of sp³-hybridized carbons (Fsp3) is 0.467. The number of carbonyl (C=O) groups excluding carboxylic acids is 1. The van der Waals surface area contributed by atoms with Gasteiger partial charge in [0.2, 0.25) is 5.91 Å². The standard InChI is InChI=1S/C40H56N6O2.C3H8.C2H4/c1-10-30(25-41-9)38(23-31(11-2)40(6,7)8)44-28(4)43-37-17-18-39(36-16-14-13-15-35(36)37)48-34-19-20-42-32(24-34)26-45-21-22-46(29(5)47)33(12-3)27-45;1-3-2;1-2/h13-20,23-24,33,41,43-44H,4,10-12,21-22,25-27H2,1-3,5-9H3;3H2,1-2H3;1-2H2/b31-23+,38-30+;;. The molecule has 1 aliphatic rings. The molecule has 8 heteroatoms. The van der Waals surface area contributed by atoms with Crippen LogP contribution in [0.25, 0.3) is 10.8 Å². The normalized spacial score (nSPS) is 15.3. The van der Waals surface area contributed by atoms with Gasteiger partial charge in [-0.2, -0.15) is 0 Å². The van der Waals surface area contributed by atoms with Crippen LogP contribution in [0.2, 0.25) is 0 Å². The number of hydrogen-bond acceptors (Lipinski definition) is 7. The number of ether oxygens (including phenoxy) is 1. The molecule has 1 saturated heterocycles. The van der Waals surface area contributed by atoms with E-state index in [1.54, 1.807) is 6.92 Å². The zero-order chi connectivity index (χ0) is 39.6. The molecule has 3 N–H and O–H groups in total. The van der Waals surface area contributed by atoms with E-state index >= 15 is 0 Å². The monoisotopic (exact) mass is 725 g/mol. The van der Waals surface area contributed by atoms with Gasteiger partial charge in [0, 0.05) is 80.1 Å². The van der Waals surface area contributed by atoms with E-state index < -0.39 is 0 Å². The molecule has 290 valence electrons. The number of benzene rings is 2. The number of amides is 1. The third-order valence-electron chi connectivity index (χ3n) is 9.16. The second kappa shape index (κ2) is 22.6. The number of likely N-dealkylation sites (N-methyl/N-ethyl adjacent to an activating group) is 1. The van der Waals surface area contributed by atoms with Crippen LogP contribution in [0.1, 0.15) is 93.7 Å². The van der Waals surface area contributed by atoms with Gasteiger partial charge in [-0.3, -0.25) is 14.7 Å². The summed E-state index contributed by atoms with van der Waals surface area (Å²) in [5.41, 5.74) is 5.73. The lowest BCUT2D eigenvalue weighted by molar-refractivity contribution is -0.133. The van der Waals surface area contributed by atoms with Crippen LogP contribution < -0.4 is 20.7 Å². The zero-order valence-electron chi connectivity index (χ0n) is 34.5. The average molecular weight is 725 g/mol. The van der Waals surface area contributed by atoms with E-state index in [4.69, 9.17) is 4.74 Å². The van der Waals surface area contributed by atoms with Crippen LogP contribution in [-0.2, 0) is 11.3 Å². The van der Waals surface area contributed by atoms with Crippen LogP contribution in [0.5, 0.6) is 11.5 Å². The second-order valence-corrected chi connectivity index (χ2v) is 14.4. The number of carbonyl (C=O) groups is 1. The molecule has 2 heterocycles. The molecular weight excluding hydrogens is 657 g/mol. The summed E-state index contributed by atoms with van der Waals surface area (Å²) < 4.78 is 6.50. The van der Waals surface area contributed by atoms with Gasteiger partial charge in [-0.05, 0) is 61.6 Å². The van der Waals surface area contributed by atoms with Crippen molar-refractivity contribution in [3.63, 3.8) is 0 Å². The Labute approximate surface area is 321 Å². The molecule has 1 aromatic heterocycles. The predicted octanol–water partition coefficient (Wildman–Crippen LogP) is 10.4. The van der Waals surface area contributed by atoms with Crippen LogP contribution in [0.4, 0.5) is 5.69 Å². The molecular formula is C45H68N6O2. The number of allylic oxidation sites excluding steroid dienone is 2. The van der Waals surface area contributed by atoms with Gasteiger partial charge in [-0.15, -0.1) is 13.2 Å². The molecule has 0 aliphatic carbocycles. The van der Waals surface area contributed by atoms with Crippen molar-refractivity contribution in [2.45, 2.75) is 101 Å². The Kier molecular flexibility index (Phi) is 19.1. The van der Waals surface area contributed by atoms with Crippen molar-refractivity contribution in [3.05, 3.63) is 109 Å². The molecule has 3 aromatic rings. The van der Waals surface area contributed by atoms with E-state index in [2.05, 4.69) is 119 Å². The Morgan fingerprint density at radius 3 is 2.26 bits per heavy atom. The van der Waals surface area contributed by atoms with Crippen molar-refractivity contribution in [1.82, 2.24) is 25.4 Å². The molecule has 4 rings (SSSR count). The minimum atomic E-state index is 0.0699. The Morgan fingerprint density at radius 1 is 1.00 bits per heavy atom. The van der Waals surface area contributed by atoms with Crippen molar-refractivity contribution in [1.29, 1.82) is 0 Å². The van der Waals surface area contributed by atoms with E-state index in [-0.39, 0.29) is 17.4 Å². The van der Waals surface area contributed by atoms with Crippen LogP contribution in [0.15, 0.2) is 103 Å². The Morgan fingerprint density at radius 2 is 1.68 bits per heavy atom. The molecule has 0 bridgehead atoms. The number of fused-ring (bicyclic) bond motifs is 1. The van der Waals surface area contributed by atoms with Gasteiger partial charge in [-0.25, -0.2) is 0 Å². The SMILES string of the molecule is C=C.C=C(NC(/C=C(\CC)C(C)(C)C)=C(\CC)CNC)Nc1ccc(Oc2ccnc(CN3CCN(C(C)=O)C(CC)C3)c2)c2ccccc12.CCC. The molecule has 1 amide bonds. The van der Waals surface area contributed by atoms with Crippen LogP contribution in [-0.4, -0.2) is 60.0 Å². The molecule has 0 spiro atoms. The lowest BCUT2D eigenvalue weighted by atomic mass is 9.84. The van der Waals surface area contributed by atoms with E-state index in [0.717, 1.165) is 84.8 Å². The van der Waals surface area contributed by atoms with Crippen LogP contribution >= 0.6 is 0 Å². The lowest BCUT2D eigenvalue weighted by Crippen LogP contribution is -2.54. The summed E-state index contributed by atoms with van der Waals surface area (Å²) in [5.74, 6) is 2.38. The first-order chi connectivity index (χ1) is 25.4. The van der Waals surface area contributed by atoms with Gasteiger partial charge >= 0.3 is 0 Å². The van der Waals surface area contributed by atoms with E-state index in [9.17, 15) is 4.79 Å². The van der Waals surface area contributed by atoms with Gasteiger partial charge < -0.3 is 25.6 Å². The highest BCUT2D eigenvalue weighted by molar-refractivity contribution is 5.98. The number of nitrogens with one attached hydrogen (secondary N) is 3. The number of aromatic nitrogens is 1. The summed E-state index contributed by atoms with van der Waals surface area (Å²) in [7, 11) is 1.98. The predicted molar refractivity (Wildman–Crippen MR) is 227 cm³/mol. The highest BCUT2D eigenvalue weighted by Crippen LogP contribution is 2.35. The number of piperazine rings is 1. The highest BCUT2D eigenvalue weighted by atomic mass is 16.5. The van der Waals surface area contributed by atoms with Gasteiger partial charge in [0.1, 0.15) is 17.3 Å². The molecule has 1 unspecified atom stereocenters. The first-order valence-electron chi connectivity index (χ1n) is 19.3. The summed E-state index contributed by atoms with van der Waals surface area (Å²) in [5, 5.41) is 12.5. The Balaban J connectivity index is 0.00000185. The van der Waals surface area contributed by atoms with E-state index in [0.29, 0.717) is 12.4 Å². The van der Waals surface area contributed by atoms with E-state index in [1.165, 1.54) is 17.6 Å². The molecule has 8 nitrogen and oxygen atoms in total. The average Bonchev–Trinajstić information content (AvgIpc) is 3.14. The summed E-state index contributed by atoms with van der Waals surface area (Å²) in [6.07, 6.45) is 8.21. The van der Waals surface area contributed by atoms with E-state index in [1.807, 2.05) is 54.5 Å². The van der Waals surface area contributed by atoms with Crippen molar-refractivity contribution in [3.8, 4) is 11.5 Å². The van der Waals surface area contributed by atoms with Gasteiger partial charge in [-0.1, -0.05) is 98.2 Å². The van der Waals surface area contributed by atoms with Crippen LogP contribution in [0.3, 0.4) is 0 Å². The van der Waals surface area contributed by atoms with Gasteiger partial charge in [0.05, 0.1) is 5.69 Å². The third-order valence-corrected chi connectivity index (χ3v) is 9.16. The quantitative estimate of drug-likeness (QED) is 0.113. The molecule has 53 heavy (non-hydrogen) atoms. The molecule has 0 radical (unpaired) electrons. The largest absolute Gasteiger partial charge is 0.457 e. The molecule has 2 aromatic carbocycles. The van der Waals surface area contributed by atoms with Crippen molar-refractivity contribution in [2.75, 3.05) is 38.5 Å². The number of pyridine rings is 1. The summed E-state index contributed by atoms with van der Waals surface area (Å²) >= 11 is 0. The zero-order valence-corrected chi connectivity index (χ0v) is 34.5. The maximum atomic E-state index is 12.1. The Bertz CT molecular complexity index is 1670. The summed E-state index contributed by atoms with van der Waals surface area (Å²) in [6.45, 7) is 33.6. The second-order valence-electron chi connectivity index (χ2n) is 14.4. The third kappa shape index (κ3) is 13.5. The molecule has 0 saturated carbocycles. The molecule has 1 atom stereocenters. The fourth-order valence-corrected chi connectivity index (χ4v) is 6.49. The first kappa shape index (κ1) is 44.8. The molecule has 1 aliphatic heterocycles. The highest BCUT2D eigenvalue weighted by Gasteiger charge is 2.27. The minimum absolute atomic E-state index is 0.0699. The van der Waals surface area contributed by atoms with Crippen molar-refractivity contribution in [2.24, 2.45) is 5.41 Å². The summed E-state index contributed by atoms with van der Waals surface area (Å²) in [4.78, 5) is 21.1. The summed E-state index contributed by atoms with van der Waals surface area (Å²) in [6, 6.07) is 16.5. The minimum Gasteiger partial charge on any atom is -0.457 e. The van der Waals surface area contributed by atoms with Crippen LogP contribution in [0, 0.1) is 5.41 Å². The number of nitrogens with zero attached hydrogens (tertiary/aromatic N) is 3. The van der Waals surface area contributed by atoms with Gasteiger partial charge in [0.15, 0.2) is 0 Å². The first-order valence-corrected chi connectivity index (χ1v) is 19.3. The number of hydrogen-bond donors (Lipinski definition) is 3. The maximum Gasteiger partial charge on any atom is 0.219 e. The topological polar surface area (TPSA) is 81.8 Å². The van der Waals surface area contributed by atoms with Crippen molar-refractivity contribution >= 4 is 22.4 Å². The number of anilines is 1. The van der Waals surface area contributed by atoms with Crippen molar-refractivity contribution < 1.29 is 9.53 Å². The smallest absolute Gasteiger partial charge is 0.219 e. The lowest BCUT2D eigenvalue weighted by Gasteiger charge is -2.40. The fourth-order valence-electron chi connectivity index (χ4n) is 6.49. The molecule has 1 fully saturated rings. The van der Waals surface area contributed by atoms with Gasteiger partial charge in [0.25, 0.3) is 0 Å². The Hall–Kier alpha value is -4.40. The number of rotatable bonds is 14.